The molecular weight excluding hydrogens is 838 g/mol. The molecule has 4 aromatic carbocycles. The summed E-state index contributed by atoms with van der Waals surface area (Å²) in [7, 11) is 0. The third kappa shape index (κ3) is 16.5. The number of fused-ring (bicyclic) bond motifs is 6. The number of halogens is 2. The van der Waals surface area contributed by atoms with Crippen LogP contribution in [0.2, 0.25) is 26.2 Å². The molecule has 6 heteroatoms. The van der Waals surface area contributed by atoms with Crippen molar-refractivity contribution < 1.29 is 71.5 Å². The molecule has 50 heavy (non-hydrogen) atoms. The molecule has 0 N–H and O–H groups in total. The van der Waals surface area contributed by atoms with Crippen molar-refractivity contribution in [1.82, 2.24) is 0 Å². The first-order chi connectivity index (χ1) is 23.2. The summed E-state index contributed by atoms with van der Waals surface area (Å²) in [6.45, 7) is 13.5. The maximum absolute atomic E-state index is 3.30. The van der Waals surface area contributed by atoms with Crippen LogP contribution < -0.4 is 24.8 Å². The zero-order chi connectivity index (χ0) is 34.7. The van der Waals surface area contributed by atoms with E-state index >= 15 is 0 Å². The van der Waals surface area contributed by atoms with Crippen molar-refractivity contribution in [2.45, 2.75) is 78.6 Å². The van der Waals surface area contributed by atoms with Crippen LogP contribution in [0.15, 0.2) is 120 Å². The van der Waals surface area contributed by atoms with E-state index in [1.54, 1.807) is 46.7 Å². The van der Waals surface area contributed by atoms with Gasteiger partial charge >= 0.3 is 83.7 Å². The smallest absolute Gasteiger partial charge is 0.0253 e. The number of hydrogen-bond donors (Lipinski definition) is 0. The van der Waals surface area contributed by atoms with Gasteiger partial charge in [-0.05, 0) is 12.8 Å². The molecule has 0 radical (unpaired) electrons. The molecule has 4 aliphatic rings. The molecule has 0 heterocycles. The molecule has 0 atom stereocenters. The summed E-state index contributed by atoms with van der Waals surface area (Å²) >= 11 is 3.48. The summed E-state index contributed by atoms with van der Waals surface area (Å²) in [6.07, 6.45) is 21.4. The van der Waals surface area contributed by atoms with E-state index in [0.29, 0.717) is 0 Å². The van der Waals surface area contributed by atoms with Crippen LogP contribution in [-0.2, 0) is 59.5 Å². The quantitative estimate of drug-likeness (QED) is 0.151. The zero-order valence-corrected chi connectivity index (χ0v) is 38.8. The standard InChI is InChI=1S/2C13H9.2C7H9.2C2H6Si.2ClH.2Zr/c2*1-3-7-12-10(5-1)9-11-6-2-4-8-13(11)12;2*1-2-7-5-3-4-6-7;2*1-3-2;;;;/h2*1-5,7-8H,9H2;2*3,5H,2,4H2,1H3;2*1-2H3;2*1H;;/q4*-1;;;;;2*+2/p-2. The normalized spacial score (nSPS) is 12.4. The van der Waals surface area contributed by atoms with Crippen molar-refractivity contribution in [1.29, 1.82) is 0 Å². The second-order valence-electron chi connectivity index (χ2n) is 12.1. The molecule has 256 valence electrons. The van der Waals surface area contributed by atoms with Crippen molar-refractivity contribution >= 4 is 10.9 Å². The van der Waals surface area contributed by atoms with Crippen molar-refractivity contribution in [3.8, 4) is 22.3 Å². The summed E-state index contributed by atoms with van der Waals surface area (Å²) in [5.41, 5.74) is 14.2. The first kappa shape index (κ1) is 46.6. The predicted octanol–water partition coefficient (Wildman–Crippen LogP) is 5.86. The van der Waals surface area contributed by atoms with Crippen molar-refractivity contribution in [2.24, 2.45) is 0 Å². The van der Waals surface area contributed by atoms with Crippen LogP contribution >= 0.6 is 0 Å². The molecule has 0 nitrogen and oxygen atoms in total. The van der Waals surface area contributed by atoms with Crippen LogP contribution in [0.5, 0.6) is 0 Å². The fourth-order valence-corrected chi connectivity index (χ4v) is 5.38. The Labute approximate surface area is 346 Å². The second kappa shape index (κ2) is 26.4. The van der Waals surface area contributed by atoms with E-state index in [2.05, 4.69) is 161 Å². The van der Waals surface area contributed by atoms with E-state index in [0.717, 1.165) is 38.5 Å². The van der Waals surface area contributed by atoms with Crippen LogP contribution in [0.25, 0.3) is 22.3 Å². The Morgan fingerprint density at radius 3 is 1.18 bits per heavy atom. The van der Waals surface area contributed by atoms with Gasteiger partial charge in [-0.2, -0.15) is 71.8 Å². The van der Waals surface area contributed by atoms with Gasteiger partial charge in [0.05, 0.1) is 0 Å². The van der Waals surface area contributed by atoms with Gasteiger partial charge in [-0.3, -0.25) is 12.2 Å². The zero-order valence-electron chi connectivity index (χ0n) is 30.4. The molecular formula is C44H48Cl2Si2Zr2-2. The Morgan fingerprint density at radius 2 is 0.880 bits per heavy atom. The van der Waals surface area contributed by atoms with Crippen molar-refractivity contribution in [3.05, 3.63) is 167 Å². The summed E-state index contributed by atoms with van der Waals surface area (Å²) in [5.74, 6) is 0. The largest absolute Gasteiger partial charge is 1.00 e. The van der Waals surface area contributed by atoms with Gasteiger partial charge in [0.15, 0.2) is 0 Å². The molecule has 0 saturated heterocycles. The van der Waals surface area contributed by atoms with E-state index in [4.69, 9.17) is 0 Å². The number of allylic oxidation sites excluding steroid dienone is 8. The first-order valence-corrected chi connectivity index (χ1v) is 29.3. The van der Waals surface area contributed by atoms with Gasteiger partial charge in [0.2, 0.25) is 0 Å². The average molecular weight is 886 g/mol. The monoisotopic (exact) mass is 882 g/mol. The second-order valence-corrected chi connectivity index (χ2v) is 30.9. The minimum atomic E-state index is 0. The molecule has 0 unspecified atom stereocenters. The molecule has 0 aliphatic heterocycles. The average Bonchev–Trinajstić information content (AvgIpc) is 3.91. The van der Waals surface area contributed by atoms with E-state index in [-0.39, 0.29) is 35.7 Å². The number of benzene rings is 4. The fraction of sp³-hybridized carbons (Fsp3) is 0.273. The Morgan fingerprint density at radius 1 is 0.540 bits per heavy atom. The predicted molar refractivity (Wildman–Crippen MR) is 204 cm³/mol. The van der Waals surface area contributed by atoms with E-state index in [9.17, 15) is 0 Å². The molecule has 0 fully saturated rings. The first-order valence-electron chi connectivity index (χ1n) is 16.9. The molecule has 0 aromatic heterocycles. The Hall–Kier alpha value is -1.38. The summed E-state index contributed by atoms with van der Waals surface area (Å²) in [6, 6.07) is 36.2. The van der Waals surface area contributed by atoms with E-state index in [1.165, 1.54) is 55.7 Å². The Bertz CT molecular complexity index is 1560. The van der Waals surface area contributed by atoms with Gasteiger partial charge in [-0.15, -0.1) is 24.0 Å². The summed E-state index contributed by atoms with van der Waals surface area (Å²) in [4.78, 5) is 0. The third-order valence-electron chi connectivity index (χ3n) is 7.53. The van der Waals surface area contributed by atoms with Gasteiger partial charge in [0.25, 0.3) is 0 Å². The Kier molecular flexibility index (Phi) is 24.6. The van der Waals surface area contributed by atoms with Gasteiger partial charge in [-0.1, -0.05) is 97.5 Å². The van der Waals surface area contributed by atoms with Crippen LogP contribution in [-0.4, -0.2) is 10.9 Å². The number of hydrogen-bond acceptors (Lipinski definition) is 0. The van der Waals surface area contributed by atoms with Gasteiger partial charge < -0.3 is 24.8 Å². The van der Waals surface area contributed by atoms with E-state index in [1.807, 2.05) is 12.1 Å². The summed E-state index contributed by atoms with van der Waals surface area (Å²) < 4.78 is 0. The third-order valence-corrected chi connectivity index (χ3v) is 7.53. The molecule has 0 saturated carbocycles. The van der Waals surface area contributed by atoms with Gasteiger partial charge in [0, 0.05) is 0 Å². The molecule has 0 amide bonds. The van der Waals surface area contributed by atoms with Crippen molar-refractivity contribution in [3.63, 3.8) is 0 Å². The van der Waals surface area contributed by atoms with Crippen LogP contribution in [0.1, 0.15) is 61.8 Å². The minimum absolute atomic E-state index is 0. The minimum Gasteiger partial charge on any atom is -1.00 e. The SMILES string of the molecule is CCC1=[C-]CC=C1.CCC1=[C-]CC=C1.C[Si](C)=[Zr+2].C[Si](C)=[Zr+2].[Cl-].[Cl-].[c-]1cccc2c1Cc1ccccc1-2.[c-]1cccc2c1Cc1ccccc1-2. The topological polar surface area (TPSA) is 0 Å². The summed E-state index contributed by atoms with van der Waals surface area (Å²) in [5, 5.41) is 0. The number of rotatable bonds is 2. The van der Waals surface area contributed by atoms with Crippen molar-refractivity contribution in [2.75, 3.05) is 0 Å². The fourth-order valence-electron chi connectivity index (χ4n) is 5.38. The molecule has 4 aromatic rings. The van der Waals surface area contributed by atoms with Crippen LogP contribution in [0, 0.1) is 24.3 Å². The van der Waals surface area contributed by atoms with Crippen LogP contribution in [0.3, 0.4) is 0 Å². The molecule has 8 rings (SSSR count). The maximum atomic E-state index is 3.30. The Balaban J connectivity index is 0.000000317. The van der Waals surface area contributed by atoms with Gasteiger partial charge in [-0.25, -0.2) is 23.3 Å². The van der Waals surface area contributed by atoms with Crippen LogP contribution in [0.4, 0.5) is 0 Å². The maximum Gasteiger partial charge on any atom is -0.0253 e. The molecule has 0 spiro atoms. The van der Waals surface area contributed by atoms with E-state index < -0.39 is 0 Å². The van der Waals surface area contributed by atoms with Gasteiger partial charge in [0.1, 0.15) is 0 Å². The molecule has 4 aliphatic carbocycles. The molecule has 0 bridgehead atoms.